The Morgan fingerprint density at radius 1 is 1.38 bits per heavy atom. The number of nitrogens with one attached hydrogen (secondary N) is 1. The van der Waals surface area contributed by atoms with E-state index in [-0.39, 0.29) is 5.91 Å². The number of carbonyl (C=O) groups excluding carboxylic acids is 1. The molecular weight excluding hydrogens is 202 g/mol. The van der Waals surface area contributed by atoms with E-state index in [1.807, 2.05) is 13.0 Å². The molecular formula is C12H19N3O. The van der Waals surface area contributed by atoms with Gasteiger partial charge in [-0.2, -0.15) is 0 Å². The third-order valence-electron chi connectivity index (χ3n) is 2.46. The fraction of sp³-hybridized carbons (Fsp3) is 0.417. The number of unbranched alkanes of at least 4 members (excludes halogenated alkanes) is 1. The maximum atomic E-state index is 11.7. The second kappa shape index (κ2) is 6.12. The van der Waals surface area contributed by atoms with Gasteiger partial charge in [0.2, 0.25) is 0 Å². The van der Waals surface area contributed by atoms with E-state index in [1.54, 1.807) is 12.1 Å². The minimum absolute atomic E-state index is 0.0799. The van der Waals surface area contributed by atoms with Gasteiger partial charge in [-0.1, -0.05) is 6.07 Å². The highest BCUT2D eigenvalue weighted by atomic mass is 16.1. The van der Waals surface area contributed by atoms with Gasteiger partial charge >= 0.3 is 0 Å². The van der Waals surface area contributed by atoms with Crippen molar-refractivity contribution in [2.45, 2.75) is 19.8 Å². The van der Waals surface area contributed by atoms with Crippen molar-refractivity contribution in [2.24, 2.45) is 5.73 Å². The van der Waals surface area contributed by atoms with Gasteiger partial charge in [0.1, 0.15) is 0 Å². The summed E-state index contributed by atoms with van der Waals surface area (Å²) < 4.78 is 0. The zero-order valence-electron chi connectivity index (χ0n) is 9.62. The highest BCUT2D eigenvalue weighted by molar-refractivity contribution is 5.95. The van der Waals surface area contributed by atoms with Gasteiger partial charge in [-0.3, -0.25) is 4.79 Å². The van der Waals surface area contributed by atoms with Crippen LogP contribution in [-0.2, 0) is 0 Å². The Kier molecular flexibility index (Phi) is 4.79. The van der Waals surface area contributed by atoms with Crippen molar-refractivity contribution in [3.05, 3.63) is 29.3 Å². The van der Waals surface area contributed by atoms with Crippen LogP contribution in [0.15, 0.2) is 18.2 Å². The van der Waals surface area contributed by atoms with Gasteiger partial charge in [0.15, 0.2) is 0 Å². The first kappa shape index (κ1) is 12.5. The van der Waals surface area contributed by atoms with Crippen LogP contribution in [0.1, 0.15) is 28.8 Å². The van der Waals surface area contributed by atoms with Crippen LogP contribution in [0.2, 0.25) is 0 Å². The minimum Gasteiger partial charge on any atom is -0.398 e. The van der Waals surface area contributed by atoms with Gasteiger partial charge < -0.3 is 16.8 Å². The minimum atomic E-state index is -0.0799. The summed E-state index contributed by atoms with van der Waals surface area (Å²) in [5.41, 5.74) is 13.3. The predicted molar refractivity (Wildman–Crippen MR) is 66.2 cm³/mol. The van der Waals surface area contributed by atoms with Crippen molar-refractivity contribution < 1.29 is 4.79 Å². The van der Waals surface area contributed by atoms with Crippen molar-refractivity contribution >= 4 is 11.6 Å². The molecule has 0 atom stereocenters. The molecule has 4 heteroatoms. The maximum Gasteiger partial charge on any atom is 0.251 e. The lowest BCUT2D eigenvalue weighted by Crippen LogP contribution is -2.25. The summed E-state index contributed by atoms with van der Waals surface area (Å²) in [4.78, 5) is 11.7. The topological polar surface area (TPSA) is 81.1 Å². The molecule has 0 bridgehead atoms. The van der Waals surface area contributed by atoms with Crippen LogP contribution in [0.5, 0.6) is 0 Å². The second-order valence-corrected chi connectivity index (χ2v) is 3.82. The molecule has 5 N–H and O–H groups in total. The van der Waals surface area contributed by atoms with Crippen LogP contribution in [0.25, 0.3) is 0 Å². The highest BCUT2D eigenvalue weighted by Gasteiger charge is 2.05. The van der Waals surface area contributed by atoms with Crippen molar-refractivity contribution in [1.82, 2.24) is 5.32 Å². The molecule has 0 saturated carbocycles. The van der Waals surface area contributed by atoms with E-state index in [0.29, 0.717) is 24.3 Å². The first-order chi connectivity index (χ1) is 7.65. The van der Waals surface area contributed by atoms with Gasteiger partial charge in [0, 0.05) is 17.8 Å². The Morgan fingerprint density at radius 3 is 2.75 bits per heavy atom. The Morgan fingerprint density at radius 2 is 2.12 bits per heavy atom. The summed E-state index contributed by atoms with van der Waals surface area (Å²) in [6.45, 7) is 3.23. The predicted octanol–water partition coefficient (Wildman–Crippen LogP) is 1.05. The van der Waals surface area contributed by atoms with Crippen molar-refractivity contribution in [3.63, 3.8) is 0 Å². The lowest BCUT2D eigenvalue weighted by atomic mass is 10.1. The fourth-order valence-corrected chi connectivity index (χ4v) is 1.36. The molecule has 16 heavy (non-hydrogen) atoms. The average Bonchev–Trinajstić information content (AvgIpc) is 2.28. The quantitative estimate of drug-likeness (QED) is 0.513. The number of aryl methyl sites for hydroxylation is 1. The summed E-state index contributed by atoms with van der Waals surface area (Å²) in [5.74, 6) is -0.0799. The molecule has 0 unspecified atom stereocenters. The lowest BCUT2D eigenvalue weighted by molar-refractivity contribution is 0.0953. The molecule has 1 aromatic rings. The van der Waals surface area contributed by atoms with Crippen molar-refractivity contribution in [2.75, 3.05) is 18.8 Å². The van der Waals surface area contributed by atoms with E-state index in [0.717, 1.165) is 18.4 Å². The van der Waals surface area contributed by atoms with Crippen molar-refractivity contribution in [3.8, 4) is 0 Å². The van der Waals surface area contributed by atoms with Gasteiger partial charge in [0.05, 0.1) is 0 Å². The standard InChI is InChI=1S/C12H19N3O/c1-9-4-5-10(8-11(9)14)12(16)15-7-3-2-6-13/h4-5,8H,2-3,6-7,13-14H2,1H3,(H,15,16). The van der Waals surface area contributed by atoms with E-state index in [1.165, 1.54) is 0 Å². The smallest absolute Gasteiger partial charge is 0.251 e. The number of hydrogen-bond acceptors (Lipinski definition) is 3. The van der Waals surface area contributed by atoms with Crippen LogP contribution in [-0.4, -0.2) is 19.0 Å². The molecule has 0 saturated heterocycles. The number of rotatable bonds is 5. The van der Waals surface area contributed by atoms with E-state index in [9.17, 15) is 4.79 Å². The van der Waals surface area contributed by atoms with Gasteiger partial charge in [-0.15, -0.1) is 0 Å². The summed E-state index contributed by atoms with van der Waals surface area (Å²) in [5, 5.41) is 2.83. The van der Waals surface area contributed by atoms with Crippen LogP contribution in [0.3, 0.4) is 0 Å². The van der Waals surface area contributed by atoms with Gasteiger partial charge in [-0.25, -0.2) is 0 Å². The molecule has 0 aromatic heterocycles. The zero-order chi connectivity index (χ0) is 12.0. The van der Waals surface area contributed by atoms with E-state index >= 15 is 0 Å². The molecule has 0 aliphatic heterocycles. The molecule has 1 aromatic carbocycles. The second-order valence-electron chi connectivity index (χ2n) is 3.82. The molecule has 4 nitrogen and oxygen atoms in total. The lowest BCUT2D eigenvalue weighted by Gasteiger charge is -2.06. The van der Waals surface area contributed by atoms with Crippen molar-refractivity contribution in [1.29, 1.82) is 0 Å². The maximum absolute atomic E-state index is 11.7. The molecule has 88 valence electrons. The van der Waals surface area contributed by atoms with E-state index in [4.69, 9.17) is 11.5 Å². The number of hydrogen-bond donors (Lipinski definition) is 3. The Labute approximate surface area is 96.0 Å². The van der Waals surface area contributed by atoms with E-state index < -0.39 is 0 Å². The summed E-state index contributed by atoms with van der Waals surface area (Å²) in [7, 11) is 0. The summed E-state index contributed by atoms with van der Waals surface area (Å²) in [6.07, 6.45) is 1.83. The van der Waals surface area contributed by atoms with Crippen LogP contribution in [0, 0.1) is 6.92 Å². The summed E-state index contributed by atoms with van der Waals surface area (Å²) in [6, 6.07) is 5.34. The number of nitrogens with two attached hydrogens (primary N) is 2. The number of benzene rings is 1. The Bertz CT molecular complexity index is 363. The molecule has 0 heterocycles. The number of nitrogen functional groups attached to an aromatic ring is 1. The molecule has 0 aliphatic rings. The first-order valence-electron chi connectivity index (χ1n) is 5.49. The van der Waals surface area contributed by atoms with Crippen LogP contribution >= 0.6 is 0 Å². The molecule has 0 spiro atoms. The molecule has 1 rings (SSSR count). The molecule has 0 aliphatic carbocycles. The fourth-order valence-electron chi connectivity index (χ4n) is 1.36. The zero-order valence-corrected chi connectivity index (χ0v) is 9.62. The Balaban J connectivity index is 2.50. The third kappa shape index (κ3) is 3.55. The monoisotopic (exact) mass is 221 g/mol. The molecule has 1 amide bonds. The van der Waals surface area contributed by atoms with E-state index in [2.05, 4.69) is 5.32 Å². The average molecular weight is 221 g/mol. The first-order valence-corrected chi connectivity index (χ1v) is 5.49. The number of amides is 1. The number of carbonyl (C=O) groups is 1. The van der Waals surface area contributed by atoms with Gasteiger partial charge in [-0.05, 0) is 44.0 Å². The van der Waals surface area contributed by atoms with Crippen LogP contribution < -0.4 is 16.8 Å². The van der Waals surface area contributed by atoms with Crippen LogP contribution in [0.4, 0.5) is 5.69 Å². The third-order valence-corrected chi connectivity index (χ3v) is 2.46. The Hall–Kier alpha value is -1.55. The van der Waals surface area contributed by atoms with Gasteiger partial charge in [0.25, 0.3) is 5.91 Å². The SMILES string of the molecule is Cc1ccc(C(=O)NCCCCN)cc1N. The largest absolute Gasteiger partial charge is 0.398 e. The highest BCUT2D eigenvalue weighted by Crippen LogP contribution is 2.12. The number of anilines is 1. The molecule has 0 radical (unpaired) electrons. The normalized spacial score (nSPS) is 10.1. The summed E-state index contributed by atoms with van der Waals surface area (Å²) >= 11 is 0. The molecule has 0 fully saturated rings.